The number of aromatic nitrogens is 1. The third kappa shape index (κ3) is 3.66. The van der Waals surface area contributed by atoms with Crippen molar-refractivity contribution in [1.29, 1.82) is 0 Å². The first kappa shape index (κ1) is 13.3. The largest absolute Gasteiger partial charge is 0.383 e. The summed E-state index contributed by atoms with van der Waals surface area (Å²) in [6.45, 7) is 0.414. The van der Waals surface area contributed by atoms with E-state index in [0.29, 0.717) is 6.54 Å². The summed E-state index contributed by atoms with van der Waals surface area (Å²) in [5.74, 6) is 0.949. The van der Waals surface area contributed by atoms with Crippen LogP contribution in [0.4, 0.5) is 5.82 Å². The van der Waals surface area contributed by atoms with Crippen LogP contribution in [0.1, 0.15) is 6.42 Å². The number of thioether (sulfide) groups is 1. The number of nitrogen functional groups attached to an aromatic ring is 1. The number of rotatable bonds is 6. The first-order valence-corrected chi connectivity index (χ1v) is 7.64. The lowest BCUT2D eigenvalue weighted by atomic mass is 10.5. The second-order valence-electron chi connectivity index (χ2n) is 3.13. The summed E-state index contributed by atoms with van der Waals surface area (Å²) in [6, 6.07) is 2.99. The van der Waals surface area contributed by atoms with Gasteiger partial charge in [0.25, 0.3) is 0 Å². The number of hydrogen-bond acceptors (Lipinski definition) is 5. The minimum absolute atomic E-state index is 0.0277. The highest BCUT2D eigenvalue weighted by molar-refractivity contribution is 7.98. The monoisotopic (exact) mass is 261 g/mol. The third-order valence-electron chi connectivity index (χ3n) is 1.91. The van der Waals surface area contributed by atoms with Gasteiger partial charge in [-0.05, 0) is 30.6 Å². The van der Waals surface area contributed by atoms with Gasteiger partial charge in [-0.1, -0.05) is 0 Å². The van der Waals surface area contributed by atoms with Crippen LogP contribution in [0.5, 0.6) is 0 Å². The van der Waals surface area contributed by atoms with Crippen molar-refractivity contribution in [2.24, 2.45) is 0 Å². The fraction of sp³-hybridized carbons (Fsp3) is 0.444. The molecule has 0 saturated heterocycles. The van der Waals surface area contributed by atoms with E-state index >= 15 is 0 Å². The maximum Gasteiger partial charge on any atom is 0.244 e. The number of anilines is 1. The van der Waals surface area contributed by atoms with Crippen molar-refractivity contribution in [3.8, 4) is 0 Å². The molecule has 0 fully saturated rings. The third-order valence-corrected chi connectivity index (χ3v) is 4.11. The lowest BCUT2D eigenvalue weighted by Gasteiger charge is -2.07. The molecule has 0 aliphatic rings. The van der Waals surface area contributed by atoms with Gasteiger partial charge < -0.3 is 5.73 Å². The average molecular weight is 261 g/mol. The van der Waals surface area contributed by atoms with Crippen molar-refractivity contribution < 1.29 is 8.42 Å². The predicted octanol–water partition coefficient (Wildman–Crippen LogP) is 0.695. The van der Waals surface area contributed by atoms with Crippen molar-refractivity contribution in [3.63, 3.8) is 0 Å². The van der Waals surface area contributed by atoms with Crippen LogP contribution < -0.4 is 10.5 Å². The van der Waals surface area contributed by atoms with Gasteiger partial charge in [0, 0.05) is 12.7 Å². The molecule has 0 aliphatic heterocycles. The molecule has 0 radical (unpaired) electrons. The van der Waals surface area contributed by atoms with Gasteiger partial charge in [-0.3, -0.25) is 0 Å². The highest BCUT2D eigenvalue weighted by atomic mass is 32.2. The SMILES string of the molecule is CSCCCNS(=O)(=O)c1cccnc1N. The maximum atomic E-state index is 11.8. The second-order valence-corrected chi connectivity index (χ2v) is 5.85. The minimum Gasteiger partial charge on any atom is -0.383 e. The van der Waals surface area contributed by atoms with Crippen LogP contribution in [0.2, 0.25) is 0 Å². The molecule has 5 nitrogen and oxygen atoms in total. The molecule has 7 heteroatoms. The van der Waals surface area contributed by atoms with E-state index in [1.807, 2.05) is 6.26 Å². The molecule has 1 aromatic rings. The molecule has 16 heavy (non-hydrogen) atoms. The van der Waals surface area contributed by atoms with Crippen LogP contribution in [-0.2, 0) is 10.0 Å². The molecule has 1 rings (SSSR count). The van der Waals surface area contributed by atoms with Gasteiger partial charge in [0.15, 0.2) is 0 Å². The topological polar surface area (TPSA) is 85.1 Å². The molecule has 90 valence electrons. The smallest absolute Gasteiger partial charge is 0.244 e. The number of pyridine rings is 1. The highest BCUT2D eigenvalue weighted by Gasteiger charge is 2.16. The number of nitrogens with one attached hydrogen (secondary N) is 1. The zero-order chi connectivity index (χ0) is 12.0. The Bertz CT molecular complexity index is 434. The number of nitrogens with two attached hydrogens (primary N) is 1. The first-order valence-electron chi connectivity index (χ1n) is 4.77. The molecule has 1 aromatic heterocycles. The Balaban J connectivity index is 2.68. The lowest BCUT2D eigenvalue weighted by molar-refractivity contribution is 0.581. The van der Waals surface area contributed by atoms with Gasteiger partial charge in [-0.25, -0.2) is 18.1 Å². The number of hydrogen-bond donors (Lipinski definition) is 2. The van der Waals surface area contributed by atoms with E-state index in [1.165, 1.54) is 12.3 Å². The van der Waals surface area contributed by atoms with Crippen molar-refractivity contribution >= 4 is 27.6 Å². The van der Waals surface area contributed by atoms with Gasteiger partial charge in [0.05, 0.1) is 0 Å². The van der Waals surface area contributed by atoms with Crippen molar-refractivity contribution in [2.45, 2.75) is 11.3 Å². The average Bonchev–Trinajstić information content (AvgIpc) is 2.25. The van der Waals surface area contributed by atoms with Crippen LogP contribution in [0.3, 0.4) is 0 Å². The first-order chi connectivity index (χ1) is 7.58. The van der Waals surface area contributed by atoms with Gasteiger partial charge in [-0.2, -0.15) is 11.8 Å². The molecule has 0 atom stereocenters. The second kappa shape index (κ2) is 6.07. The van der Waals surface area contributed by atoms with E-state index in [0.717, 1.165) is 12.2 Å². The quantitative estimate of drug-likeness (QED) is 0.736. The minimum atomic E-state index is -3.52. The summed E-state index contributed by atoms with van der Waals surface area (Å²) < 4.78 is 26.0. The van der Waals surface area contributed by atoms with Gasteiger partial charge in [-0.15, -0.1) is 0 Å². The van der Waals surface area contributed by atoms with Gasteiger partial charge in [0.1, 0.15) is 10.7 Å². The van der Waals surface area contributed by atoms with Crippen molar-refractivity contribution in [3.05, 3.63) is 18.3 Å². The van der Waals surface area contributed by atoms with E-state index in [2.05, 4.69) is 9.71 Å². The molecule has 0 spiro atoms. The van der Waals surface area contributed by atoms with Crippen LogP contribution in [0, 0.1) is 0 Å². The Morgan fingerprint density at radius 1 is 1.56 bits per heavy atom. The Morgan fingerprint density at radius 3 is 2.94 bits per heavy atom. The summed E-state index contributed by atoms with van der Waals surface area (Å²) in [7, 11) is -3.52. The molecule has 0 bridgehead atoms. The highest BCUT2D eigenvalue weighted by Crippen LogP contribution is 2.13. The normalized spacial score (nSPS) is 11.6. The zero-order valence-corrected chi connectivity index (χ0v) is 10.6. The standard InChI is InChI=1S/C9H15N3O2S2/c1-15-7-3-6-12-16(13,14)8-4-2-5-11-9(8)10/h2,4-5,12H,3,6-7H2,1H3,(H2,10,11). The zero-order valence-electron chi connectivity index (χ0n) is 9.01. The molecule has 0 aromatic carbocycles. The fourth-order valence-corrected chi connectivity index (χ4v) is 2.72. The molecular formula is C9H15N3O2S2. The van der Waals surface area contributed by atoms with Gasteiger partial charge >= 0.3 is 0 Å². The summed E-state index contributed by atoms with van der Waals surface area (Å²) in [5.41, 5.74) is 5.50. The molecule has 3 N–H and O–H groups in total. The summed E-state index contributed by atoms with van der Waals surface area (Å²) in [5, 5.41) is 0. The molecule has 0 aliphatic carbocycles. The van der Waals surface area contributed by atoms with Crippen molar-refractivity contribution in [2.75, 3.05) is 24.3 Å². The fourth-order valence-electron chi connectivity index (χ4n) is 1.13. The molecule has 0 saturated carbocycles. The van der Waals surface area contributed by atoms with Gasteiger partial charge in [0.2, 0.25) is 10.0 Å². The van der Waals surface area contributed by atoms with E-state index in [9.17, 15) is 8.42 Å². The van der Waals surface area contributed by atoms with Crippen LogP contribution in [0.25, 0.3) is 0 Å². The molecule has 0 amide bonds. The van der Waals surface area contributed by atoms with Crippen LogP contribution in [-0.4, -0.2) is 32.0 Å². The van der Waals surface area contributed by atoms with E-state index < -0.39 is 10.0 Å². The van der Waals surface area contributed by atoms with E-state index in [4.69, 9.17) is 5.73 Å². The van der Waals surface area contributed by atoms with E-state index in [1.54, 1.807) is 17.8 Å². The van der Waals surface area contributed by atoms with Crippen LogP contribution >= 0.6 is 11.8 Å². The summed E-state index contributed by atoms with van der Waals surface area (Å²) in [6.07, 6.45) is 4.23. The van der Waals surface area contributed by atoms with Crippen LogP contribution in [0.15, 0.2) is 23.2 Å². The molecule has 0 unspecified atom stereocenters. The Hall–Kier alpha value is -0.790. The number of sulfonamides is 1. The molecule has 1 heterocycles. The van der Waals surface area contributed by atoms with Crippen molar-refractivity contribution in [1.82, 2.24) is 9.71 Å². The number of nitrogens with zero attached hydrogens (tertiary/aromatic N) is 1. The predicted molar refractivity (Wildman–Crippen MR) is 66.8 cm³/mol. The van der Waals surface area contributed by atoms with E-state index in [-0.39, 0.29) is 10.7 Å². The Labute approximate surface area is 99.9 Å². The Morgan fingerprint density at radius 2 is 2.31 bits per heavy atom. The molecular weight excluding hydrogens is 246 g/mol. The Kier molecular flexibility index (Phi) is 5.04. The lowest BCUT2D eigenvalue weighted by Crippen LogP contribution is -2.26. The summed E-state index contributed by atoms with van der Waals surface area (Å²) >= 11 is 1.68. The maximum absolute atomic E-state index is 11.8. The summed E-state index contributed by atoms with van der Waals surface area (Å²) in [4.78, 5) is 3.79.